The molecular formula is C14H17N3O2. The Morgan fingerprint density at radius 3 is 2.58 bits per heavy atom. The lowest BCUT2D eigenvalue weighted by Crippen LogP contribution is -2.05. The zero-order chi connectivity index (χ0) is 14.0. The van der Waals surface area contributed by atoms with Gasteiger partial charge in [0.25, 0.3) is 5.69 Å². The lowest BCUT2D eigenvalue weighted by molar-refractivity contribution is -0.384. The van der Waals surface area contributed by atoms with Gasteiger partial charge < -0.3 is 0 Å². The fourth-order valence-corrected chi connectivity index (χ4v) is 2.07. The van der Waals surface area contributed by atoms with Gasteiger partial charge in [0, 0.05) is 11.8 Å². The minimum absolute atomic E-state index is 0.0889. The molecule has 0 saturated heterocycles. The zero-order valence-electron chi connectivity index (χ0n) is 11.4. The van der Waals surface area contributed by atoms with Crippen LogP contribution in [0.4, 0.5) is 5.69 Å². The van der Waals surface area contributed by atoms with Crippen LogP contribution in [0.25, 0.3) is 5.69 Å². The first kappa shape index (κ1) is 13.3. The Hall–Kier alpha value is -2.17. The van der Waals surface area contributed by atoms with Crippen LogP contribution >= 0.6 is 0 Å². The summed E-state index contributed by atoms with van der Waals surface area (Å²) in [5.41, 5.74) is 3.56. The standard InChI is InChI=1S/C14H17N3O2/c1-4-11-9-12(5-2)16(15-11)14-8-10(3)6-7-13(14)17(18)19/h6-9H,4-5H2,1-3H3. The predicted octanol–water partition coefficient (Wildman–Crippen LogP) is 3.21. The van der Waals surface area contributed by atoms with Gasteiger partial charge in [-0.05, 0) is 37.5 Å². The van der Waals surface area contributed by atoms with Gasteiger partial charge in [-0.3, -0.25) is 10.1 Å². The Labute approximate surface area is 112 Å². The van der Waals surface area contributed by atoms with Gasteiger partial charge >= 0.3 is 0 Å². The van der Waals surface area contributed by atoms with Crippen LogP contribution < -0.4 is 0 Å². The minimum atomic E-state index is -0.360. The maximum Gasteiger partial charge on any atom is 0.294 e. The average molecular weight is 259 g/mol. The van der Waals surface area contributed by atoms with E-state index in [0.717, 1.165) is 29.8 Å². The molecule has 100 valence electrons. The number of hydrogen-bond acceptors (Lipinski definition) is 3. The summed E-state index contributed by atoms with van der Waals surface area (Å²) in [6.45, 7) is 5.97. The number of nitro benzene ring substituents is 1. The molecule has 0 radical (unpaired) electrons. The van der Waals surface area contributed by atoms with Crippen LogP contribution in [0.1, 0.15) is 30.8 Å². The molecule has 0 aliphatic carbocycles. The normalized spacial score (nSPS) is 10.7. The Morgan fingerprint density at radius 2 is 2.00 bits per heavy atom. The van der Waals surface area contributed by atoms with E-state index in [-0.39, 0.29) is 10.6 Å². The van der Waals surface area contributed by atoms with Crippen LogP contribution in [0.3, 0.4) is 0 Å². The lowest BCUT2D eigenvalue weighted by atomic mass is 10.2. The fraction of sp³-hybridized carbons (Fsp3) is 0.357. The molecule has 5 nitrogen and oxygen atoms in total. The van der Waals surface area contributed by atoms with E-state index < -0.39 is 0 Å². The van der Waals surface area contributed by atoms with Gasteiger partial charge in [-0.25, -0.2) is 4.68 Å². The third kappa shape index (κ3) is 2.50. The number of aromatic nitrogens is 2. The van der Waals surface area contributed by atoms with Gasteiger partial charge in [-0.15, -0.1) is 0 Å². The van der Waals surface area contributed by atoms with Crippen LogP contribution in [-0.4, -0.2) is 14.7 Å². The maximum atomic E-state index is 11.1. The third-order valence-electron chi connectivity index (χ3n) is 3.11. The van der Waals surface area contributed by atoms with E-state index >= 15 is 0 Å². The van der Waals surface area contributed by atoms with E-state index in [9.17, 15) is 10.1 Å². The van der Waals surface area contributed by atoms with Crippen molar-refractivity contribution in [2.75, 3.05) is 0 Å². The number of aryl methyl sites for hydroxylation is 3. The Bertz CT molecular complexity index is 617. The zero-order valence-corrected chi connectivity index (χ0v) is 11.4. The third-order valence-corrected chi connectivity index (χ3v) is 3.11. The molecule has 19 heavy (non-hydrogen) atoms. The van der Waals surface area contributed by atoms with Crippen molar-refractivity contribution in [1.82, 2.24) is 9.78 Å². The van der Waals surface area contributed by atoms with E-state index in [2.05, 4.69) is 5.10 Å². The average Bonchev–Trinajstić information content (AvgIpc) is 2.81. The molecule has 1 aromatic carbocycles. The summed E-state index contributed by atoms with van der Waals surface area (Å²) in [5.74, 6) is 0. The molecule has 0 N–H and O–H groups in total. The molecule has 0 atom stereocenters. The van der Waals surface area contributed by atoms with E-state index in [0.29, 0.717) is 5.69 Å². The molecule has 0 aliphatic rings. The van der Waals surface area contributed by atoms with Gasteiger partial charge in [0.05, 0.1) is 10.6 Å². The second-order valence-corrected chi connectivity index (χ2v) is 4.50. The van der Waals surface area contributed by atoms with Gasteiger partial charge in [-0.1, -0.05) is 19.9 Å². The van der Waals surface area contributed by atoms with Crippen LogP contribution in [0, 0.1) is 17.0 Å². The van der Waals surface area contributed by atoms with Crippen LogP contribution in [0.5, 0.6) is 0 Å². The first-order chi connectivity index (χ1) is 9.06. The van der Waals surface area contributed by atoms with Crippen molar-refractivity contribution in [2.45, 2.75) is 33.6 Å². The summed E-state index contributed by atoms with van der Waals surface area (Å²) in [7, 11) is 0. The summed E-state index contributed by atoms with van der Waals surface area (Å²) in [6.07, 6.45) is 1.61. The summed E-state index contributed by atoms with van der Waals surface area (Å²) < 4.78 is 1.70. The van der Waals surface area contributed by atoms with E-state index in [1.807, 2.05) is 32.9 Å². The molecule has 1 aromatic heterocycles. The maximum absolute atomic E-state index is 11.1. The second-order valence-electron chi connectivity index (χ2n) is 4.50. The number of nitrogens with zero attached hydrogens (tertiary/aromatic N) is 3. The van der Waals surface area contributed by atoms with Crippen LogP contribution in [0.2, 0.25) is 0 Å². The number of hydrogen-bond donors (Lipinski definition) is 0. The van der Waals surface area contributed by atoms with E-state index in [1.54, 1.807) is 10.7 Å². The highest BCUT2D eigenvalue weighted by atomic mass is 16.6. The summed E-state index contributed by atoms with van der Waals surface area (Å²) in [5, 5.41) is 15.6. The second kappa shape index (κ2) is 5.22. The van der Waals surface area contributed by atoms with Crippen molar-refractivity contribution >= 4 is 5.69 Å². The first-order valence-electron chi connectivity index (χ1n) is 6.40. The number of rotatable bonds is 4. The topological polar surface area (TPSA) is 61.0 Å². The quantitative estimate of drug-likeness (QED) is 0.625. The molecule has 2 aromatic rings. The molecule has 0 unspecified atom stereocenters. The van der Waals surface area contributed by atoms with Crippen molar-refractivity contribution in [3.8, 4) is 5.69 Å². The molecule has 0 spiro atoms. The minimum Gasteiger partial charge on any atom is -0.258 e. The van der Waals surface area contributed by atoms with Crippen molar-refractivity contribution in [3.05, 3.63) is 51.3 Å². The number of nitro groups is 1. The summed E-state index contributed by atoms with van der Waals surface area (Å²) in [6, 6.07) is 7.10. The van der Waals surface area contributed by atoms with Crippen LogP contribution in [0.15, 0.2) is 24.3 Å². The van der Waals surface area contributed by atoms with Crippen LogP contribution in [-0.2, 0) is 12.8 Å². The van der Waals surface area contributed by atoms with E-state index in [4.69, 9.17) is 0 Å². The van der Waals surface area contributed by atoms with Gasteiger partial charge in [-0.2, -0.15) is 5.10 Å². The van der Waals surface area contributed by atoms with Crippen molar-refractivity contribution in [2.24, 2.45) is 0 Å². The molecule has 0 aliphatic heterocycles. The Morgan fingerprint density at radius 1 is 1.26 bits per heavy atom. The van der Waals surface area contributed by atoms with Gasteiger partial charge in [0.2, 0.25) is 0 Å². The van der Waals surface area contributed by atoms with Gasteiger partial charge in [0.1, 0.15) is 5.69 Å². The highest BCUT2D eigenvalue weighted by molar-refractivity contribution is 5.54. The Kier molecular flexibility index (Phi) is 3.64. The predicted molar refractivity (Wildman–Crippen MR) is 73.7 cm³/mol. The lowest BCUT2D eigenvalue weighted by Gasteiger charge is -2.07. The molecule has 2 rings (SSSR count). The first-order valence-corrected chi connectivity index (χ1v) is 6.40. The Balaban J connectivity index is 2.66. The highest BCUT2D eigenvalue weighted by Gasteiger charge is 2.18. The molecule has 0 saturated carbocycles. The van der Waals surface area contributed by atoms with Crippen molar-refractivity contribution in [3.63, 3.8) is 0 Å². The fourth-order valence-electron chi connectivity index (χ4n) is 2.07. The number of benzene rings is 1. The van der Waals surface area contributed by atoms with Gasteiger partial charge in [0.15, 0.2) is 0 Å². The summed E-state index contributed by atoms with van der Waals surface area (Å²) >= 11 is 0. The highest BCUT2D eigenvalue weighted by Crippen LogP contribution is 2.25. The smallest absolute Gasteiger partial charge is 0.258 e. The molecule has 5 heteroatoms. The SMILES string of the molecule is CCc1cc(CC)n(-c2cc(C)ccc2[N+](=O)[O-])n1. The molecular weight excluding hydrogens is 242 g/mol. The molecule has 0 fully saturated rings. The monoisotopic (exact) mass is 259 g/mol. The molecule has 0 bridgehead atoms. The van der Waals surface area contributed by atoms with Crippen molar-refractivity contribution < 1.29 is 4.92 Å². The molecule has 0 amide bonds. The molecule has 1 heterocycles. The summed E-state index contributed by atoms with van der Waals surface area (Å²) in [4.78, 5) is 10.8. The van der Waals surface area contributed by atoms with Crippen molar-refractivity contribution in [1.29, 1.82) is 0 Å². The van der Waals surface area contributed by atoms with E-state index in [1.165, 1.54) is 6.07 Å². The largest absolute Gasteiger partial charge is 0.294 e.